The standard InChI is InChI=1S/C15H19ClN2O2/c1-20-14-3-2-11(16)8-12(14)15(19)17-13-9-18-6-4-10(13)5-7-18/h2-3,8,10,13H,4-7,9H2,1H3,(H,17,19)/t13-/m0/s1. The van der Waals surface area contributed by atoms with E-state index in [4.69, 9.17) is 16.3 Å². The number of hydrogen-bond acceptors (Lipinski definition) is 3. The number of halogens is 1. The van der Waals surface area contributed by atoms with Crippen molar-refractivity contribution in [3.8, 4) is 5.75 Å². The monoisotopic (exact) mass is 294 g/mol. The van der Waals surface area contributed by atoms with Crippen LogP contribution >= 0.6 is 11.6 Å². The molecule has 108 valence electrons. The number of piperidine rings is 3. The topological polar surface area (TPSA) is 41.6 Å². The number of amides is 1. The number of benzene rings is 1. The van der Waals surface area contributed by atoms with Crippen LogP contribution in [0.3, 0.4) is 0 Å². The highest BCUT2D eigenvalue weighted by Gasteiger charge is 2.35. The maximum Gasteiger partial charge on any atom is 0.255 e. The molecule has 1 aromatic carbocycles. The molecule has 20 heavy (non-hydrogen) atoms. The summed E-state index contributed by atoms with van der Waals surface area (Å²) in [6.45, 7) is 3.29. The van der Waals surface area contributed by atoms with Crippen molar-refractivity contribution in [2.45, 2.75) is 18.9 Å². The van der Waals surface area contributed by atoms with Crippen molar-refractivity contribution in [2.75, 3.05) is 26.7 Å². The molecule has 3 saturated heterocycles. The fraction of sp³-hybridized carbons (Fsp3) is 0.533. The zero-order valence-electron chi connectivity index (χ0n) is 11.6. The van der Waals surface area contributed by atoms with Crippen LogP contribution in [-0.2, 0) is 0 Å². The summed E-state index contributed by atoms with van der Waals surface area (Å²) >= 11 is 5.98. The lowest BCUT2D eigenvalue weighted by Gasteiger charge is -2.44. The van der Waals surface area contributed by atoms with Crippen molar-refractivity contribution in [3.63, 3.8) is 0 Å². The minimum absolute atomic E-state index is 0.0944. The molecule has 2 bridgehead atoms. The van der Waals surface area contributed by atoms with E-state index in [1.54, 1.807) is 25.3 Å². The number of rotatable bonds is 3. The van der Waals surface area contributed by atoms with Gasteiger partial charge in [-0.2, -0.15) is 0 Å². The average Bonchev–Trinajstić information content (AvgIpc) is 2.48. The molecule has 3 aliphatic heterocycles. The Morgan fingerprint density at radius 1 is 1.40 bits per heavy atom. The van der Waals surface area contributed by atoms with Gasteiger partial charge in [-0.3, -0.25) is 4.79 Å². The van der Waals surface area contributed by atoms with E-state index in [2.05, 4.69) is 10.2 Å². The Kier molecular flexibility index (Phi) is 3.85. The highest BCUT2D eigenvalue weighted by molar-refractivity contribution is 6.31. The highest BCUT2D eigenvalue weighted by atomic mass is 35.5. The summed E-state index contributed by atoms with van der Waals surface area (Å²) in [5.41, 5.74) is 0.511. The maximum absolute atomic E-state index is 12.5. The van der Waals surface area contributed by atoms with Gasteiger partial charge in [0.2, 0.25) is 0 Å². The number of methoxy groups -OCH3 is 1. The van der Waals surface area contributed by atoms with Crippen molar-refractivity contribution in [1.29, 1.82) is 0 Å². The molecule has 1 aromatic rings. The van der Waals surface area contributed by atoms with Gasteiger partial charge in [-0.25, -0.2) is 0 Å². The van der Waals surface area contributed by atoms with Crippen molar-refractivity contribution in [2.24, 2.45) is 5.92 Å². The summed E-state index contributed by atoms with van der Waals surface area (Å²) in [5.74, 6) is 1.07. The van der Waals surface area contributed by atoms with E-state index in [0.29, 0.717) is 22.3 Å². The van der Waals surface area contributed by atoms with Crippen molar-refractivity contribution in [1.82, 2.24) is 10.2 Å². The Balaban J connectivity index is 1.75. The Labute approximate surface area is 124 Å². The third-order valence-electron chi connectivity index (χ3n) is 4.38. The first kappa shape index (κ1) is 13.7. The molecule has 0 saturated carbocycles. The summed E-state index contributed by atoms with van der Waals surface area (Å²) in [4.78, 5) is 14.9. The predicted octanol–water partition coefficient (Wildman–Crippen LogP) is 2.17. The van der Waals surface area contributed by atoms with E-state index in [1.807, 2.05) is 0 Å². The second-order valence-electron chi connectivity index (χ2n) is 5.56. The summed E-state index contributed by atoms with van der Waals surface area (Å²) in [5, 5.41) is 3.70. The van der Waals surface area contributed by atoms with Gasteiger partial charge in [0.25, 0.3) is 5.91 Å². The van der Waals surface area contributed by atoms with Crippen LogP contribution in [0, 0.1) is 5.92 Å². The Morgan fingerprint density at radius 2 is 2.15 bits per heavy atom. The van der Waals surface area contributed by atoms with E-state index in [1.165, 1.54) is 12.8 Å². The number of nitrogens with zero attached hydrogens (tertiary/aromatic N) is 1. The lowest BCUT2D eigenvalue weighted by atomic mass is 9.84. The Hall–Kier alpha value is -1.26. The average molecular weight is 295 g/mol. The fourth-order valence-corrected chi connectivity index (χ4v) is 3.40. The predicted molar refractivity (Wildman–Crippen MR) is 78.4 cm³/mol. The maximum atomic E-state index is 12.5. The van der Waals surface area contributed by atoms with Crippen LogP contribution < -0.4 is 10.1 Å². The normalized spacial score (nSPS) is 28.2. The summed E-state index contributed by atoms with van der Waals surface area (Å²) < 4.78 is 5.24. The van der Waals surface area contributed by atoms with Crippen LogP contribution in [0.25, 0.3) is 0 Å². The molecule has 5 heteroatoms. The molecule has 1 N–H and O–H groups in total. The fourth-order valence-electron chi connectivity index (χ4n) is 3.23. The Morgan fingerprint density at radius 3 is 2.75 bits per heavy atom. The van der Waals surface area contributed by atoms with Gasteiger partial charge in [0.05, 0.1) is 12.7 Å². The van der Waals surface area contributed by atoms with Gasteiger partial charge < -0.3 is 15.0 Å². The second kappa shape index (κ2) is 5.62. The van der Waals surface area contributed by atoms with Gasteiger partial charge >= 0.3 is 0 Å². The van der Waals surface area contributed by atoms with Crippen LogP contribution in [0.5, 0.6) is 5.75 Å². The summed E-state index contributed by atoms with van der Waals surface area (Å²) in [6.07, 6.45) is 2.36. The second-order valence-corrected chi connectivity index (χ2v) is 6.00. The van der Waals surface area contributed by atoms with Gasteiger partial charge in [0.15, 0.2) is 0 Å². The van der Waals surface area contributed by atoms with Crippen molar-refractivity contribution < 1.29 is 9.53 Å². The summed E-state index contributed by atoms with van der Waals surface area (Å²) in [6, 6.07) is 5.37. The molecule has 0 aromatic heterocycles. The van der Waals surface area contributed by atoms with E-state index in [9.17, 15) is 4.79 Å². The smallest absolute Gasteiger partial charge is 0.255 e. The minimum atomic E-state index is -0.0944. The Bertz CT molecular complexity index is 513. The molecule has 3 aliphatic rings. The first-order chi connectivity index (χ1) is 9.67. The SMILES string of the molecule is COc1ccc(Cl)cc1C(=O)N[C@H]1CN2CCC1CC2. The quantitative estimate of drug-likeness (QED) is 0.929. The third kappa shape index (κ3) is 2.63. The number of hydrogen-bond donors (Lipinski definition) is 1. The van der Waals surface area contributed by atoms with Gasteiger partial charge in [-0.1, -0.05) is 11.6 Å². The van der Waals surface area contributed by atoms with Gasteiger partial charge in [-0.15, -0.1) is 0 Å². The number of carbonyl (C=O) groups is 1. The van der Waals surface area contributed by atoms with Crippen molar-refractivity contribution >= 4 is 17.5 Å². The first-order valence-corrected chi connectivity index (χ1v) is 7.42. The molecule has 0 spiro atoms. The molecule has 4 rings (SSSR count). The number of ether oxygens (including phenoxy) is 1. The highest BCUT2D eigenvalue weighted by Crippen LogP contribution is 2.28. The number of nitrogens with one attached hydrogen (secondary N) is 1. The van der Waals surface area contributed by atoms with E-state index >= 15 is 0 Å². The molecule has 4 nitrogen and oxygen atoms in total. The zero-order valence-corrected chi connectivity index (χ0v) is 12.3. The van der Waals surface area contributed by atoms with E-state index in [-0.39, 0.29) is 11.9 Å². The lowest BCUT2D eigenvalue weighted by Crippen LogP contribution is -2.57. The molecule has 3 fully saturated rings. The molecule has 0 aliphatic carbocycles. The first-order valence-electron chi connectivity index (χ1n) is 7.04. The van der Waals surface area contributed by atoms with Crippen molar-refractivity contribution in [3.05, 3.63) is 28.8 Å². The van der Waals surface area contributed by atoms with E-state index in [0.717, 1.165) is 19.6 Å². The summed E-state index contributed by atoms with van der Waals surface area (Å²) in [7, 11) is 1.56. The molecule has 0 radical (unpaired) electrons. The third-order valence-corrected chi connectivity index (χ3v) is 4.61. The number of carbonyl (C=O) groups excluding carboxylic acids is 1. The van der Waals surface area contributed by atoms with Crippen LogP contribution in [0.15, 0.2) is 18.2 Å². The molecule has 0 unspecified atom stereocenters. The minimum Gasteiger partial charge on any atom is -0.496 e. The van der Waals surface area contributed by atoms with Crippen LogP contribution in [0.4, 0.5) is 0 Å². The number of fused-ring (bicyclic) bond motifs is 3. The molecule has 1 amide bonds. The zero-order chi connectivity index (χ0) is 14.1. The van der Waals surface area contributed by atoms with E-state index < -0.39 is 0 Å². The molecular weight excluding hydrogens is 276 g/mol. The molecular formula is C15H19ClN2O2. The molecule has 3 heterocycles. The van der Waals surface area contributed by atoms with Crippen LogP contribution in [0.2, 0.25) is 5.02 Å². The lowest BCUT2D eigenvalue weighted by molar-refractivity contribution is 0.0619. The van der Waals surface area contributed by atoms with Gasteiger partial charge in [0, 0.05) is 17.6 Å². The largest absolute Gasteiger partial charge is 0.496 e. The molecule has 1 atom stereocenters. The van der Waals surface area contributed by atoms with Crippen LogP contribution in [-0.4, -0.2) is 43.6 Å². The van der Waals surface area contributed by atoms with Crippen LogP contribution in [0.1, 0.15) is 23.2 Å². The van der Waals surface area contributed by atoms with Gasteiger partial charge in [0.1, 0.15) is 5.75 Å². The van der Waals surface area contributed by atoms with Gasteiger partial charge in [-0.05, 0) is 50.0 Å².